The van der Waals surface area contributed by atoms with Gasteiger partial charge in [-0.25, -0.2) is 0 Å². The van der Waals surface area contributed by atoms with Crippen LogP contribution in [0.2, 0.25) is 0 Å². The van der Waals surface area contributed by atoms with Gasteiger partial charge in [0.15, 0.2) is 0 Å². The van der Waals surface area contributed by atoms with E-state index in [1.54, 1.807) is 7.11 Å². The minimum atomic E-state index is 0.0308. The molecule has 0 bridgehead atoms. The first-order valence-corrected chi connectivity index (χ1v) is 5.73. The molecule has 0 saturated heterocycles. The summed E-state index contributed by atoms with van der Waals surface area (Å²) >= 11 is 0. The molecule has 0 spiro atoms. The van der Waals surface area contributed by atoms with Crippen LogP contribution >= 0.6 is 0 Å². The number of ether oxygens (including phenoxy) is 1. The Morgan fingerprint density at radius 2 is 1.82 bits per heavy atom. The molecule has 17 heavy (non-hydrogen) atoms. The van der Waals surface area contributed by atoms with Gasteiger partial charge in [0.25, 0.3) is 0 Å². The molecule has 0 heterocycles. The van der Waals surface area contributed by atoms with Crippen LogP contribution in [0.4, 0.5) is 0 Å². The Labute approximate surface area is 102 Å². The minimum absolute atomic E-state index is 0.0308. The molecule has 88 valence electrons. The molecule has 0 aliphatic rings. The molecular weight excluding hydrogens is 210 g/mol. The summed E-state index contributed by atoms with van der Waals surface area (Å²) in [4.78, 5) is 0. The lowest BCUT2D eigenvalue weighted by molar-refractivity contribution is 0.414. The first kappa shape index (κ1) is 11.7. The van der Waals surface area contributed by atoms with Crippen LogP contribution < -0.4 is 10.5 Å². The Balaban J connectivity index is 2.10. The molecule has 2 aromatic carbocycles. The molecule has 0 aliphatic heterocycles. The predicted molar refractivity (Wildman–Crippen MR) is 70.1 cm³/mol. The summed E-state index contributed by atoms with van der Waals surface area (Å²) in [7, 11) is 1.68. The van der Waals surface area contributed by atoms with E-state index in [2.05, 4.69) is 18.2 Å². The molecule has 0 fully saturated rings. The number of hydrogen-bond donors (Lipinski definition) is 1. The van der Waals surface area contributed by atoms with Gasteiger partial charge in [-0.15, -0.1) is 0 Å². The van der Waals surface area contributed by atoms with Gasteiger partial charge < -0.3 is 10.5 Å². The average molecular weight is 227 g/mol. The van der Waals surface area contributed by atoms with E-state index in [4.69, 9.17) is 10.5 Å². The molecule has 0 radical (unpaired) electrons. The molecule has 0 aliphatic carbocycles. The molecule has 0 amide bonds. The Morgan fingerprint density at radius 3 is 2.53 bits per heavy atom. The number of rotatable bonds is 4. The van der Waals surface area contributed by atoms with E-state index in [0.29, 0.717) is 0 Å². The van der Waals surface area contributed by atoms with Gasteiger partial charge in [-0.3, -0.25) is 0 Å². The fraction of sp³-hybridized carbons (Fsp3) is 0.200. The highest BCUT2D eigenvalue weighted by atomic mass is 16.5. The number of methoxy groups -OCH3 is 1. The van der Waals surface area contributed by atoms with E-state index in [1.165, 1.54) is 5.56 Å². The van der Waals surface area contributed by atoms with Crippen molar-refractivity contribution in [1.82, 2.24) is 0 Å². The molecule has 2 aromatic rings. The Morgan fingerprint density at radius 1 is 1.06 bits per heavy atom. The van der Waals surface area contributed by atoms with Crippen molar-refractivity contribution in [2.24, 2.45) is 5.73 Å². The topological polar surface area (TPSA) is 35.2 Å². The molecule has 0 unspecified atom stereocenters. The first-order valence-electron chi connectivity index (χ1n) is 5.73. The highest BCUT2D eigenvalue weighted by Crippen LogP contribution is 2.19. The first-order chi connectivity index (χ1) is 8.29. The van der Waals surface area contributed by atoms with Crippen molar-refractivity contribution in [3.8, 4) is 5.75 Å². The molecular formula is C15H17NO. The normalized spacial score (nSPS) is 12.1. The summed E-state index contributed by atoms with van der Waals surface area (Å²) in [6, 6.07) is 18.2. The lowest BCUT2D eigenvalue weighted by atomic mass is 10.00. The van der Waals surface area contributed by atoms with Gasteiger partial charge in [-0.2, -0.15) is 0 Å². The third-order valence-electron chi connectivity index (χ3n) is 2.82. The van der Waals surface area contributed by atoms with Crippen molar-refractivity contribution in [2.75, 3.05) is 7.11 Å². The molecule has 2 N–H and O–H groups in total. The number of nitrogens with two attached hydrogens (primary N) is 1. The van der Waals surface area contributed by atoms with Gasteiger partial charge in [-0.05, 0) is 29.7 Å². The zero-order valence-corrected chi connectivity index (χ0v) is 9.97. The van der Waals surface area contributed by atoms with E-state index in [-0.39, 0.29) is 6.04 Å². The van der Waals surface area contributed by atoms with Crippen LogP contribution in [0.15, 0.2) is 54.6 Å². The van der Waals surface area contributed by atoms with Crippen molar-refractivity contribution in [3.63, 3.8) is 0 Å². The highest BCUT2D eigenvalue weighted by Gasteiger charge is 2.06. The van der Waals surface area contributed by atoms with Crippen molar-refractivity contribution >= 4 is 0 Å². The van der Waals surface area contributed by atoms with E-state index < -0.39 is 0 Å². The SMILES string of the molecule is COc1cccc(C[C@H](N)c2ccccc2)c1. The summed E-state index contributed by atoms with van der Waals surface area (Å²) in [5, 5.41) is 0. The average Bonchev–Trinajstić information content (AvgIpc) is 2.40. The smallest absolute Gasteiger partial charge is 0.119 e. The fourth-order valence-corrected chi connectivity index (χ4v) is 1.87. The van der Waals surface area contributed by atoms with Crippen LogP contribution in [0.3, 0.4) is 0 Å². The summed E-state index contributed by atoms with van der Waals surface area (Å²) in [5.74, 6) is 0.878. The van der Waals surface area contributed by atoms with E-state index in [9.17, 15) is 0 Å². The number of benzene rings is 2. The third-order valence-corrected chi connectivity index (χ3v) is 2.82. The largest absolute Gasteiger partial charge is 0.497 e. The molecule has 1 atom stereocenters. The fourth-order valence-electron chi connectivity index (χ4n) is 1.87. The van der Waals surface area contributed by atoms with Crippen LogP contribution in [-0.4, -0.2) is 7.11 Å². The third kappa shape index (κ3) is 3.08. The van der Waals surface area contributed by atoms with Gasteiger partial charge in [0.1, 0.15) is 5.75 Å². The second kappa shape index (κ2) is 5.51. The van der Waals surface area contributed by atoms with Gasteiger partial charge in [0.05, 0.1) is 7.11 Å². The molecule has 2 nitrogen and oxygen atoms in total. The second-order valence-corrected chi connectivity index (χ2v) is 4.07. The lowest BCUT2D eigenvalue weighted by Crippen LogP contribution is -2.13. The van der Waals surface area contributed by atoms with Crippen molar-refractivity contribution < 1.29 is 4.74 Å². The van der Waals surface area contributed by atoms with Crippen LogP contribution in [0.25, 0.3) is 0 Å². The summed E-state index contributed by atoms with van der Waals surface area (Å²) in [6.07, 6.45) is 0.821. The van der Waals surface area contributed by atoms with Crippen LogP contribution in [0.1, 0.15) is 17.2 Å². The summed E-state index contributed by atoms with van der Waals surface area (Å²) in [6.45, 7) is 0. The maximum atomic E-state index is 6.18. The van der Waals surface area contributed by atoms with Gasteiger partial charge in [0, 0.05) is 6.04 Å². The Bertz CT molecular complexity index is 467. The standard InChI is InChI=1S/C15H17NO/c1-17-14-9-5-6-12(10-14)11-15(16)13-7-3-2-4-8-13/h2-10,15H,11,16H2,1H3/t15-/m0/s1. The van der Waals surface area contributed by atoms with Gasteiger partial charge in [0.2, 0.25) is 0 Å². The lowest BCUT2D eigenvalue weighted by Gasteiger charge is -2.12. The number of hydrogen-bond acceptors (Lipinski definition) is 2. The zero-order valence-electron chi connectivity index (χ0n) is 9.97. The van der Waals surface area contributed by atoms with Gasteiger partial charge in [-0.1, -0.05) is 42.5 Å². The van der Waals surface area contributed by atoms with Crippen LogP contribution in [-0.2, 0) is 6.42 Å². The predicted octanol–water partition coefficient (Wildman–Crippen LogP) is 2.94. The van der Waals surface area contributed by atoms with Crippen LogP contribution in [0.5, 0.6) is 5.75 Å². The summed E-state index contributed by atoms with van der Waals surface area (Å²) in [5.41, 5.74) is 8.54. The molecule has 2 rings (SSSR count). The monoisotopic (exact) mass is 227 g/mol. The minimum Gasteiger partial charge on any atom is -0.497 e. The maximum Gasteiger partial charge on any atom is 0.119 e. The molecule has 0 aromatic heterocycles. The van der Waals surface area contributed by atoms with Crippen molar-refractivity contribution in [1.29, 1.82) is 0 Å². The highest BCUT2D eigenvalue weighted by molar-refractivity contribution is 5.30. The van der Waals surface area contributed by atoms with Crippen molar-refractivity contribution in [3.05, 3.63) is 65.7 Å². The van der Waals surface area contributed by atoms with Gasteiger partial charge >= 0.3 is 0 Å². The molecule has 0 saturated carbocycles. The zero-order chi connectivity index (χ0) is 12.1. The quantitative estimate of drug-likeness (QED) is 0.871. The van der Waals surface area contributed by atoms with Crippen LogP contribution in [0, 0.1) is 0 Å². The maximum absolute atomic E-state index is 6.18. The Kier molecular flexibility index (Phi) is 3.78. The molecule has 2 heteroatoms. The Hall–Kier alpha value is -1.80. The van der Waals surface area contributed by atoms with Crippen molar-refractivity contribution in [2.45, 2.75) is 12.5 Å². The van der Waals surface area contributed by atoms with E-state index in [1.807, 2.05) is 36.4 Å². The summed E-state index contributed by atoms with van der Waals surface area (Å²) < 4.78 is 5.20. The second-order valence-electron chi connectivity index (χ2n) is 4.07. The van der Waals surface area contributed by atoms with E-state index >= 15 is 0 Å². The van der Waals surface area contributed by atoms with E-state index in [0.717, 1.165) is 17.7 Å².